The van der Waals surface area contributed by atoms with E-state index in [1.54, 1.807) is 32.2 Å². The molecule has 1 N–H and O–H groups in total. The summed E-state index contributed by atoms with van der Waals surface area (Å²) in [6, 6.07) is 7.99. The molecule has 0 aliphatic rings. The largest absolute Gasteiger partial charge is 0.493 e. The van der Waals surface area contributed by atoms with Crippen LogP contribution < -0.4 is 14.8 Å². The fraction of sp³-hybridized carbons (Fsp3) is 0.312. The lowest BCUT2D eigenvalue weighted by molar-refractivity contribution is 0.353. The van der Waals surface area contributed by atoms with Gasteiger partial charge in [-0.1, -0.05) is 0 Å². The maximum atomic E-state index is 5.38. The van der Waals surface area contributed by atoms with E-state index in [1.165, 1.54) is 10.5 Å². The van der Waals surface area contributed by atoms with Gasteiger partial charge in [-0.25, -0.2) is 0 Å². The smallest absolute Gasteiger partial charge is 0.161 e. The van der Waals surface area contributed by atoms with E-state index >= 15 is 0 Å². The molecule has 2 rings (SSSR count). The summed E-state index contributed by atoms with van der Waals surface area (Å²) in [4.78, 5) is 5.45. The van der Waals surface area contributed by atoms with Crippen LogP contribution >= 0.6 is 11.8 Å². The van der Waals surface area contributed by atoms with Crippen molar-refractivity contribution in [2.75, 3.05) is 25.8 Å². The Bertz CT molecular complexity index is 617. The van der Waals surface area contributed by atoms with E-state index in [1.807, 2.05) is 31.2 Å². The average Bonchev–Trinajstić information content (AvgIpc) is 2.53. The lowest BCUT2D eigenvalue weighted by atomic mass is 10.2. The van der Waals surface area contributed by atoms with Gasteiger partial charge >= 0.3 is 0 Å². The first-order chi connectivity index (χ1) is 10.2. The molecule has 4 nitrogen and oxygen atoms in total. The van der Waals surface area contributed by atoms with Crippen LogP contribution in [0.1, 0.15) is 11.3 Å². The van der Waals surface area contributed by atoms with E-state index in [4.69, 9.17) is 9.47 Å². The highest BCUT2D eigenvalue weighted by Gasteiger charge is 2.11. The number of aryl methyl sites for hydroxylation is 1. The Balaban J connectivity index is 2.25. The van der Waals surface area contributed by atoms with Crippen LogP contribution in [0.4, 0.5) is 5.69 Å². The van der Waals surface area contributed by atoms with Crippen molar-refractivity contribution >= 4 is 17.4 Å². The third-order valence-electron chi connectivity index (χ3n) is 3.26. The summed E-state index contributed by atoms with van der Waals surface area (Å²) in [5.41, 5.74) is 3.20. The Morgan fingerprint density at radius 3 is 2.52 bits per heavy atom. The summed E-state index contributed by atoms with van der Waals surface area (Å²) < 4.78 is 10.7. The number of methoxy groups -OCH3 is 2. The number of benzene rings is 1. The number of thioether (sulfide) groups is 1. The summed E-state index contributed by atoms with van der Waals surface area (Å²) >= 11 is 1.69. The van der Waals surface area contributed by atoms with Gasteiger partial charge in [0, 0.05) is 17.6 Å². The van der Waals surface area contributed by atoms with Gasteiger partial charge in [-0.05, 0) is 43.0 Å². The monoisotopic (exact) mass is 304 g/mol. The van der Waals surface area contributed by atoms with Crippen LogP contribution in [0.25, 0.3) is 0 Å². The molecule has 0 saturated heterocycles. The minimum absolute atomic E-state index is 0.711. The van der Waals surface area contributed by atoms with Gasteiger partial charge in [0.2, 0.25) is 0 Å². The van der Waals surface area contributed by atoms with E-state index in [2.05, 4.69) is 16.6 Å². The topological polar surface area (TPSA) is 43.4 Å². The number of nitrogens with one attached hydrogen (secondary N) is 1. The third-order valence-corrected chi connectivity index (χ3v) is 4.08. The van der Waals surface area contributed by atoms with Gasteiger partial charge < -0.3 is 14.8 Å². The van der Waals surface area contributed by atoms with Gasteiger partial charge in [0.05, 0.1) is 25.6 Å². The maximum absolute atomic E-state index is 5.38. The molecule has 0 aliphatic heterocycles. The quantitative estimate of drug-likeness (QED) is 0.824. The molecule has 0 saturated carbocycles. The predicted molar refractivity (Wildman–Crippen MR) is 87.6 cm³/mol. The van der Waals surface area contributed by atoms with Gasteiger partial charge in [0.1, 0.15) is 0 Å². The van der Waals surface area contributed by atoms with E-state index < -0.39 is 0 Å². The molecule has 0 fully saturated rings. The number of hydrogen-bond donors (Lipinski definition) is 1. The molecule has 5 heteroatoms. The zero-order valence-corrected chi connectivity index (χ0v) is 13.6. The molecule has 1 aromatic heterocycles. The van der Waals surface area contributed by atoms with Gasteiger partial charge in [0.15, 0.2) is 11.5 Å². The fourth-order valence-electron chi connectivity index (χ4n) is 2.09. The molecule has 1 heterocycles. The highest BCUT2D eigenvalue weighted by atomic mass is 32.2. The molecule has 0 aliphatic carbocycles. The molecule has 0 bridgehead atoms. The van der Waals surface area contributed by atoms with E-state index in [0.29, 0.717) is 6.54 Å². The summed E-state index contributed by atoms with van der Waals surface area (Å²) in [6.45, 7) is 2.70. The van der Waals surface area contributed by atoms with Crippen LogP contribution in [0.2, 0.25) is 0 Å². The highest BCUT2D eigenvalue weighted by molar-refractivity contribution is 7.98. The molecule has 0 unspecified atom stereocenters. The van der Waals surface area contributed by atoms with Crippen LogP contribution in [0.5, 0.6) is 11.5 Å². The van der Waals surface area contributed by atoms with Crippen molar-refractivity contribution in [2.45, 2.75) is 18.4 Å². The second-order valence-electron chi connectivity index (χ2n) is 4.51. The molecule has 2 aromatic rings. The molecular weight excluding hydrogens is 284 g/mol. The normalized spacial score (nSPS) is 10.3. The van der Waals surface area contributed by atoms with Crippen molar-refractivity contribution in [2.24, 2.45) is 0 Å². The van der Waals surface area contributed by atoms with Crippen molar-refractivity contribution < 1.29 is 9.47 Å². The molecule has 1 aromatic carbocycles. The molecule has 0 spiro atoms. The number of pyridine rings is 1. The summed E-state index contributed by atoms with van der Waals surface area (Å²) in [6.07, 6.45) is 3.85. The average molecular weight is 304 g/mol. The summed E-state index contributed by atoms with van der Waals surface area (Å²) in [5, 5.41) is 3.42. The summed E-state index contributed by atoms with van der Waals surface area (Å²) in [5.74, 6) is 1.50. The molecule has 0 radical (unpaired) electrons. The number of aromatic nitrogens is 1. The Kier molecular flexibility index (Phi) is 5.33. The Labute approximate surface area is 129 Å². The van der Waals surface area contributed by atoms with Gasteiger partial charge in [-0.15, -0.1) is 11.8 Å². The standard InChI is InChI=1S/C16H20N2O2S/c1-11-13(6-5-7-17-11)18-10-12-8-14(19-2)15(20-3)9-16(12)21-4/h5-9,18H,10H2,1-4H3. The first-order valence-electron chi connectivity index (χ1n) is 6.64. The van der Waals surface area contributed by atoms with Crippen molar-refractivity contribution in [3.63, 3.8) is 0 Å². The molecule has 21 heavy (non-hydrogen) atoms. The van der Waals surface area contributed by atoms with Crippen molar-refractivity contribution in [3.05, 3.63) is 41.7 Å². The van der Waals surface area contributed by atoms with E-state index in [0.717, 1.165) is 22.9 Å². The lowest BCUT2D eigenvalue weighted by Gasteiger charge is -2.15. The van der Waals surface area contributed by atoms with Gasteiger partial charge in [0.25, 0.3) is 0 Å². The summed E-state index contributed by atoms with van der Waals surface area (Å²) in [7, 11) is 3.30. The van der Waals surface area contributed by atoms with E-state index in [9.17, 15) is 0 Å². The number of anilines is 1. The Morgan fingerprint density at radius 1 is 1.19 bits per heavy atom. The first kappa shape index (κ1) is 15.5. The molecule has 0 amide bonds. The van der Waals surface area contributed by atoms with Crippen LogP contribution in [-0.4, -0.2) is 25.5 Å². The zero-order chi connectivity index (χ0) is 15.2. The van der Waals surface area contributed by atoms with E-state index in [-0.39, 0.29) is 0 Å². The molecule has 0 atom stereocenters. The van der Waals surface area contributed by atoms with Crippen LogP contribution in [0.15, 0.2) is 35.4 Å². The van der Waals surface area contributed by atoms with Crippen molar-refractivity contribution in [3.8, 4) is 11.5 Å². The number of ether oxygens (including phenoxy) is 2. The molecular formula is C16H20N2O2S. The second-order valence-corrected chi connectivity index (χ2v) is 5.36. The third kappa shape index (κ3) is 3.61. The predicted octanol–water partition coefficient (Wildman–Crippen LogP) is 3.74. The Morgan fingerprint density at radius 2 is 1.90 bits per heavy atom. The maximum Gasteiger partial charge on any atom is 0.161 e. The Hall–Kier alpha value is -1.88. The van der Waals surface area contributed by atoms with Crippen LogP contribution in [-0.2, 0) is 6.54 Å². The molecule has 112 valence electrons. The number of hydrogen-bond acceptors (Lipinski definition) is 5. The van der Waals surface area contributed by atoms with Crippen molar-refractivity contribution in [1.29, 1.82) is 0 Å². The van der Waals surface area contributed by atoms with Gasteiger partial charge in [-0.2, -0.15) is 0 Å². The fourth-order valence-corrected chi connectivity index (χ4v) is 2.71. The van der Waals surface area contributed by atoms with Gasteiger partial charge in [-0.3, -0.25) is 4.98 Å². The second kappa shape index (κ2) is 7.22. The highest BCUT2D eigenvalue weighted by Crippen LogP contribution is 2.34. The van der Waals surface area contributed by atoms with Crippen LogP contribution in [0.3, 0.4) is 0 Å². The number of nitrogens with zero attached hydrogens (tertiary/aromatic N) is 1. The van der Waals surface area contributed by atoms with Crippen molar-refractivity contribution in [1.82, 2.24) is 4.98 Å². The number of rotatable bonds is 6. The minimum Gasteiger partial charge on any atom is -0.493 e. The SMILES string of the molecule is COc1cc(CNc2cccnc2C)c(SC)cc1OC. The van der Waals surface area contributed by atoms with Crippen LogP contribution in [0, 0.1) is 6.92 Å². The zero-order valence-electron chi connectivity index (χ0n) is 12.8. The first-order valence-corrected chi connectivity index (χ1v) is 7.86. The lowest BCUT2D eigenvalue weighted by Crippen LogP contribution is -2.04. The minimum atomic E-state index is 0.711.